The molecule has 0 bridgehead atoms. The summed E-state index contributed by atoms with van der Waals surface area (Å²) in [7, 11) is 0. The van der Waals surface area contributed by atoms with E-state index >= 15 is 0 Å². The topological polar surface area (TPSA) is 68.4 Å². The summed E-state index contributed by atoms with van der Waals surface area (Å²) in [4.78, 5) is 28.1. The number of aromatic amines is 1. The van der Waals surface area contributed by atoms with Crippen molar-refractivity contribution in [2.45, 2.75) is 26.3 Å². The first kappa shape index (κ1) is 19.5. The first-order chi connectivity index (χ1) is 13.2. The van der Waals surface area contributed by atoms with Gasteiger partial charge in [0, 0.05) is 22.2 Å². The highest BCUT2D eigenvalue weighted by molar-refractivity contribution is 6.11. The molecule has 0 radical (unpaired) electrons. The Labute approximate surface area is 158 Å². The van der Waals surface area contributed by atoms with E-state index in [4.69, 9.17) is 4.74 Å². The average molecular weight is 391 g/mol. The Morgan fingerprint density at radius 1 is 1.04 bits per heavy atom. The molecule has 0 fully saturated rings. The van der Waals surface area contributed by atoms with E-state index in [0.717, 1.165) is 35.2 Å². The molecule has 146 valence electrons. The van der Waals surface area contributed by atoms with Crippen LogP contribution in [0.5, 0.6) is 5.75 Å². The number of ether oxygens (including phenoxy) is 2. The van der Waals surface area contributed by atoms with Crippen molar-refractivity contribution in [3.8, 4) is 5.75 Å². The minimum absolute atomic E-state index is 0.00447. The number of carbonyl (C=O) groups is 2. The van der Waals surface area contributed by atoms with Crippen molar-refractivity contribution in [3.05, 3.63) is 65.4 Å². The third kappa shape index (κ3) is 4.16. The molecule has 0 aliphatic rings. The minimum atomic E-state index is -4.82. The Bertz CT molecular complexity index is 1020. The van der Waals surface area contributed by atoms with Crippen LogP contribution in [0.15, 0.2) is 48.5 Å². The monoisotopic (exact) mass is 391 g/mol. The summed E-state index contributed by atoms with van der Waals surface area (Å²) < 4.78 is 45.5. The van der Waals surface area contributed by atoms with Crippen LogP contribution in [-0.2, 0) is 4.74 Å². The summed E-state index contributed by atoms with van der Waals surface area (Å²) in [6.45, 7) is 3.20. The molecule has 0 spiro atoms. The number of nitrogens with one attached hydrogen (secondary N) is 1. The lowest BCUT2D eigenvalue weighted by Crippen LogP contribution is -2.25. The van der Waals surface area contributed by atoms with E-state index in [1.165, 1.54) is 6.92 Å². The number of aromatic nitrogens is 1. The van der Waals surface area contributed by atoms with Gasteiger partial charge in [-0.15, -0.1) is 13.2 Å². The molecule has 5 nitrogen and oxygen atoms in total. The SMILES string of the molecule is Cc1[nH]c2ccccc2c1C(=O)[C@H](C)OC(=O)c1ccc(OC(F)(F)F)cc1. The summed E-state index contributed by atoms with van der Waals surface area (Å²) in [6, 6.07) is 11.5. The second-order valence-electron chi connectivity index (χ2n) is 6.15. The number of esters is 1. The molecule has 0 saturated carbocycles. The lowest BCUT2D eigenvalue weighted by atomic mass is 10.0. The number of alkyl halides is 3. The van der Waals surface area contributed by atoms with Gasteiger partial charge in [0.05, 0.1) is 5.56 Å². The summed E-state index contributed by atoms with van der Waals surface area (Å²) in [5, 5.41) is 0.724. The van der Waals surface area contributed by atoms with Crippen LogP contribution in [0, 0.1) is 6.92 Å². The van der Waals surface area contributed by atoms with Gasteiger partial charge in [0.15, 0.2) is 6.10 Å². The molecule has 1 heterocycles. The van der Waals surface area contributed by atoms with Gasteiger partial charge in [0.2, 0.25) is 5.78 Å². The number of hydrogen-bond donors (Lipinski definition) is 1. The molecule has 0 aliphatic carbocycles. The zero-order valence-electron chi connectivity index (χ0n) is 15.0. The van der Waals surface area contributed by atoms with E-state index in [0.29, 0.717) is 11.3 Å². The smallest absolute Gasteiger partial charge is 0.451 e. The molecule has 28 heavy (non-hydrogen) atoms. The van der Waals surface area contributed by atoms with Gasteiger partial charge in [-0.05, 0) is 44.2 Å². The molecule has 0 unspecified atom stereocenters. The predicted octanol–water partition coefficient (Wildman–Crippen LogP) is 4.80. The largest absolute Gasteiger partial charge is 0.573 e. The fraction of sp³-hybridized carbons (Fsp3) is 0.200. The van der Waals surface area contributed by atoms with E-state index in [1.54, 1.807) is 19.1 Å². The van der Waals surface area contributed by atoms with Gasteiger partial charge in [-0.3, -0.25) is 4.79 Å². The Hall–Kier alpha value is -3.29. The Morgan fingerprint density at radius 2 is 1.68 bits per heavy atom. The maximum absolute atomic E-state index is 12.8. The third-order valence-electron chi connectivity index (χ3n) is 4.12. The van der Waals surface area contributed by atoms with Crippen LogP contribution in [0.4, 0.5) is 13.2 Å². The summed E-state index contributed by atoms with van der Waals surface area (Å²) in [5.74, 6) is -1.65. The predicted molar refractivity (Wildman–Crippen MR) is 95.4 cm³/mol. The van der Waals surface area contributed by atoms with Crippen LogP contribution < -0.4 is 4.74 Å². The van der Waals surface area contributed by atoms with Crippen molar-refractivity contribution >= 4 is 22.7 Å². The van der Waals surface area contributed by atoms with E-state index in [9.17, 15) is 22.8 Å². The molecule has 1 N–H and O–H groups in total. The van der Waals surface area contributed by atoms with E-state index < -0.39 is 24.2 Å². The highest BCUT2D eigenvalue weighted by atomic mass is 19.4. The minimum Gasteiger partial charge on any atom is -0.451 e. The first-order valence-corrected chi connectivity index (χ1v) is 8.34. The summed E-state index contributed by atoms with van der Waals surface area (Å²) in [6.07, 6.45) is -5.89. The number of rotatable bonds is 5. The van der Waals surface area contributed by atoms with E-state index in [2.05, 4.69) is 9.72 Å². The number of Topliss-reactive ketones (excluding diaryl/α,β-unsaturated/α-hetero) is 1. The second kappa shape index (κ2) is 7.38. The third-order valence-corrected chi connectivity index (χ3v) is 4.12. The van der Waals surface area contributed by atoms with Gasteiger partial charge in [-0.1, -0.05) is 18.2 Å². The number of hydrogen-bond acceptors (Lipinski definition) is 4. The van der Waals surface area contributed by atoms with Gasteiger partial charge in [-0.25, -0.2) is 4.79 Å². The van der Waals surface area contributed by atoms with Crippen LogP contribution >= 0.6 is 0 Å². The number of H-pyrrole nitrogens is 1. The fourth-order valence-corrected chi connectivity index (χ4v) is 2.87. The molecule has 1 atom stereocenters. The highest BCUT2D eigenvalue weighted by Crippen LogP contribution is 2.25. The number of ketones is 1. The van der Waals surface area contributed by atoms with Crippen molar-refractivity contribution in [3.63, 3.8) is 0 Å². The van der Waals surface area contributed by atoms with Crippen LogP contribution in [-0.4, -0.2) is 29.2 Å². The quantitative estimate of drug-likeness (QED) is 0.501. The van der Waals surface area contributed by atoms with Crippen molar-refractivity contribution in [2.24, 2.45) is 0 Å². The molecule has 3 aromatic rings. The fourth-order valence-electron chi connectivity index (χ4n) is 2.87. The lowest BCUT2D eigenvalue weighted by Gasteiger charge is -2.13. The Morgan fingerprint density at radius 3 is 2.32 bits per heavy atom. The zero-order valence-corrected chi connectivity index (χ0v) is 15.0. The summed E-state index contributed by atoms with van der Waals surface area (Å²) >= 11 is 0. The standard InChI is InChI=1S/C20H16F3NO4/c1-11-17(15-5-3-4-6-16(15)24-11)18(25)12(2)27-19(26)13-7-9-14(10-8-13)28-20(21,22)23/h3-10,12,24H,1-2H3/t12-/m0/s1. The summed E-state index contributed by atoms with van der Waals surface area (Å²) in [5.41, 5.74) is 1.89. The Balaban J connectivity index is 1.73. The van der Waals surface area contributed by atoms with E-state index in [-0.39, 0.29) is 11.3 Å². The molecule has 0 saturated heterocycles. The van der Waals surface area contributed by atoms with Crippen molar-refractivity contribution in [2.75, 3.05) is 0 Å². The lowest BCUT2D eigenvalue weighted by molar-refractivity contribution is -0.274. The number of benzene rings is 2. The molecule has 0 amide bonds. The molecule has 2 aromatic carbocycles. The number of carbonyl (C=O) groups excluding carboxylic acids is 2. The number of fused-ring (bicyclic) bond motifs is 1. The van der Waals surface area contributed by atoms with Gasteiger partial charge in [0.1, 0.15) is 5.75 Å². The molecular formula is C20H16F3NO4. The van der Waals surface area contributed by atoms with Crippen LogP contribution in [0.25, 0.3) is 10.9 Å². The van der Waals surface area contributed by atoms with Gasteiger partial charge in [-0.2, -0.15) is 0 Å². The number of para-hydroxylation sites is 1. The van der Waals surface area contributed by atoms with Crippen molar-refractivity contribution < 1.29 is 32.2 Å². The van der Waals surface area contributed by atoms with Crippen LogP contribution in [0.3, 0.4) is 0 Å². The molecular weight excluding hydrogens is 375 g/mol. The van der Waals surface area contributed by atoms with Crippen molar-refractivity contribution in [1.29, 1.82) is 0 Å². The maximum atomic E-state index is 12.8. The second-order valence-corrected chi connectivity index (χ2v) is 6.15. The molecule has 1 aromatic heterocycles. The van der Waals surface area contributed by atoms with Crippen molar-refractivity contribution in [1.82, 2.24) is 4.98 Å². The van der Waals surface area contributed by atoms with Crippen LogP contribution in [0.1, 0.15) is 33.3 Å². The normalized spacial score (nSPS) is 12.6. The number of aryl methyl sites for hydroxylation is 1. The maximum Gasteiger partial charge on any atom is 0.573 e. The van der Waals surface area contributed by atoms with Gasteiger partial charge in [0.25, 0.3) is 0 Å². The van der Waals surface area contributed by atoms with E-state index in [1.807, 2.05) is 12.1 Å². The van der Waals surface area contributed by atoms with Gasteiger partial charge < -0.3 is 14.5 Å². The molecule has 8 heteroatoms. The van der Waals surface area contributed by atoms with Gasteiger partial charge >= 0.3 is 12.3 Å². The zero-order chi connectivity index (χ0) is 20.5. The first-order valence-electron chi connectivity index (χ1n) is 8.34. The molecule has 0 aliphatic heterocycles. The highest BCUT2D eigenvalue weighted by Gasteiger charge is 2.31. The Kier molecular flexibility index (Phi) is 5.13. The molecule has 3 rings (SSSR count). The van der Waals surface area contributed by atoms with Crippen LogP contribution in [0.2, 0.25) is 0 Å². The average Bonchev–Trinajstić information content (AvgIpc) is 2.95. The number of halogens is 3.